The lowest BCUT2D eigenvalue weighted by Gasteiger charge is -2.23. The van der Waals surface area contributed by atoms with E-state index in [9.17, 15) is 5.11 Å². The summed E-state index contributed by atoms with van der Waals surface area (Å²) in [6.07, 6.45) is 4.07. The Labute approximate surface area is 102 Å². The number of hydrogen-bond acceptors (Lipinski definition) is 2. The Morgan fingerprint density at radius 3 is 2.75 bits per heavy atom. The van der Waals surface area contributed by atoms with Crippen molar-refractivity contribution in [3.05, 3.63) is 28.8 Å². The van der Waals surface area contributed by atoms with Crippen LogP contribution in [-0.4, -0.2) is 17.3 Å². The van der Waals surface area contributed by atoms with Gasteiger partial charge in [-0.25, -0.2) is 0 Å². The van der Waals surface area contributed by atoms with Crippen LogP contribution in [0.4, 0.5) is 5.69 Å². The van der Waals surface area contributed by atoms with Crippen molar-refractivity contribution >= 4 is 17.3 Å². The third kappa shape index (κ3) is 2.50. The van der Waals surface area contributed by atoms with E-state index in [0.717, 1.165) is 42.0 Å². The van der Waals surface area contributed by atoms with Crippen molar-refractivity contribution < 1.29 is 5.11 Å². The summed E-state index contributed by atoms with van der Waals surface area (Å²) >= 11 is 6.04. The van der Waals surface area contributed by atoms with Crippen LogP contribution in [0.5, 0.6) is 0 Å². The fourth-order valence-electron chi connectivity index (χ4n) is 2.27. The van der Waals surface area contributed by atoms with E-state index in [0.29, 0.717) is 6.54 Å². The largest absolute Gasteiger partial charge is 0.388 e. The van der Waals surface area contributed by atoms with Crippen LogP contribution < -0.4 is 5.32 Å². The molecule has 0 aliphatic heterocycles. The Hall–Kier alpha value is -0.730. The minimum Gasteiger partial charge on any atom is -0.388 e. The predicted molar refractivity (Wildman–Crippen MR) is 68.1 cm³/mol. The summed E-state index contributed by atoms with van der Waals surface area (Å²) in [6, 6.07) is 5.81. The molecule has 0 atom stereocenters. The fraction of sp³-hybridized carbons (Fsp3) is 0.538. The Kier molecular flexibility index (Phi) is 3.41. The molecule has 16 heavy (non-hydrogen) atoms. The van der Waals surface area contributed by atoms with Crippen LogP contribution in [0.2, 0.25) is 5.02 Å². The molecule has 0 radical (unpaired) electrons. The first-order chi connectivity index (χ1) is 7.61. The van der Waals surface area contributed by atoms with Crippen LogP contribution in [0.15, 0.2) is 18.2 Å². The molecule has 0 spiro atoms. The molecular weight excluding hydrogens is 222 g/mol. The molecule has 88 valence electrons. The van der Waals surface area contributed by atoms with Gasteiger partial charge in [-0.2, -0.15) is 0 Å². The number of hydrogen-bond donors (Lipinski definition) is 2. The third-order valence-electron chi connectivity index (χ3n) is 3.41. The highest BCUT2D eigenvalue weighted by atomic mass is 35.5. The average Bonchev–Trinajstić information content (AvgIpc) is 2.68. The van der Waals surface area contributed by atoms with Gasteiger partial charge in [-0.05, 0) is 37.5 Å². The van der Waals surface area contributed by atoms with E-state index in [2.05, 4.69) is 5.32 Å². The lowest BCUT2D eigenvalue weighted by Crippen LogP contribution is -2.33. The van der Waals surface area contributed by atoms with Crippen LogP contribution in [0.25, 0.3) is 0 Å². The maximum atomic E-state index is 10.2. The number of halogens is 1. The summed E-state index contributed by atoms with van der Waals surface area (Å²) in [5.41, 5.74) is 1.55. The summed E-state index contributed by atoms with van der Waals surface area (Å²) in [4.78, 5) is 0. The molecular formula is C13H18ClNO. The zero-order valence-corrected chi connectivity index (χ0v) is 10.3. The molecule has 1 aromatic carbocycles. The standard InChI is InChI=1S/C13H18ClNO/c1-10-11(14)5-4-6-12(10)15-9-13(16)7-2-3-8-13/h4-6,15-16H,2-3,7-9H2,1H3. The third-order valence-corrected chi connectivity index (χ3v) is 3.82. The molecule has 0 heterocycles. The Morgan fingerprint density at radius 2 is 2.06 bits per heavy atom. The molecule has 1 aromatic rings. The van der Waals surface area contributed by atoms with Crippen molar-refractivity contribution in [2.45, 2.75) is 38.2 Å². The molecule has 0 bridgehead atoms. The highest BCUT2D eigenvalue weighted by Gasteiger charge is 2.30. The Balaban J connectivity index is 2.02. The highest BCUT2D eigenvalue weighted by Crippen LogP contribution is 2.30. The average molecular weight is 240 g/mol. The SMILES string of the molecule is Cc1c(Cl)cccc1NCC1(O)CCCC1. The number of aliphatic hydroxyl groups is 1. The number of benzene rings is 1. The van der Waals surface area contributed by atoms with Gasteiger partial charge in [-0.1, -0.05) is 30.5 Å². The van der Waals surface area contributed by atoms with Gasteiger partial charge in [0.05, 0.1) is 5.60 Å². The van der Waals surface area contributed by atoms with Crippen LogP contribution in [0, 0.1) is 6.92 Å². The summed E-state index contributed by atoms with van der Waals surface area (Å²) < 4.78 is 0. The van der Waals surface area contributed by atoms with Crippen LogP contribution in [0.3, 0.4) is 0 Å². The van der Waals surface area contributed by atoms with Crippen molar-refractivity contribution in [2.24, 2.45) is 0 Å². The van der Waals surface area contributed by atoms with Crippen molar-refractivity contribution in [1.29, 1.82) is 0 Å². The van der Waals surface area contributed by atoms with E-state index in [-0.39, 0.29) is 0 Å². The van der Waals surface area contributed by atoms with Gasteiger partial charge in [-0.3, -0.25) is 0 Å². The van der Waals surface area contributed by atoms with Gasteiger partial charge in [0.15, 0.2) is 0 Å². The molecule has 2 nitrogen and oxygen atoms in total. The number of anilines is 1. The monoisotopic (exact) mass is 239 g/mol. The molecule has 2 N–H and O–H groups in total. The first-order valence-electron chi connectivity index (χ1n) is 5.82. The van der Waals surface area contributed by atoms with Crippen LogP contribution >= 0.6 is 11.6 Å². The van der Waals surface area contributed by atoms with Crippen LogP contribution in [-0.2, 0) is 0 Å². The normalized spacial score (nSPS) is 18.7. The maximum absolute atomic E-state index is 10.2. The topological polar surface area (TPSA) is 32.3 Å². The van der Waals surface area contributed by atoms with E-state index in [1.165, 1.54) is 0 Å². The maximum Gasteiger partial charge on any atom is 0.0819 e. The van der Waals surface area contributed by atoms with E-state index in [1.54, 1.807) is 0 Å². The van der Waals surface area contributed by atoms with Gasteiger partial charge >= 0.3 is 0 Å². The Bertz CT molecular complexity index is 372. The second-order valence-electron chi connectivity index (χ2n) is 4.70. The molecule has 0 unspecified atom stereocenters. The quantitative estimate of drug-likeness (QED) is 0.848. The molecule has 0 amide bonds. The smallest absolute Gasteiger partial charge is 0.0819 e. The molecule has 1 aliphatic rings. The van der Waals surface area contributed by atoms with Crippen molar-refractivity contribution in [3.8, 4) is 0 Å². The summed E-state index contributed by atoms with van der Waals surface area (Å²) in [6.45, 7) is 2.61. The van der Waals surface area contributed by atoms with E-state index < -0.39 is 5.60 Å². The highest BCUT2D eigenvalue weighted by molar-refractivity contribution is 6.31. The van der Waals surface area contributed by atoms with E-state index >= 15 is 0 Å². The zero-order chi connectivity index (χ0) is 11.6. The van der Waals surface area contributed by atoms with Gasteiger partial charge < -0.3 is 10.4 Å². The Morgan fingerprint density at radius 1 is 1.38 bits per heavy atom. The van der Waals surface area contributed by atoms with Crippen molar-refractivity contribution in [3.63, 3.8) is 0 Å². The minimum atomic E-state index is -0.519. The van der Waals surface area contributed by atoms with Gasteiger partial charge in [0.1, 0.15) is 0 Å². The minimum absolute atomic E-state index is 0.519. The summed E-state index contributed by atoms with van der Waals surface area (Å²) in [5.74, 6) is 0. The summed E-state index contributed by atoms with van der Waals surface area (Å²) in [5, 5.41) is 14.3. The van der Waals surface area contributed by atoms with Gasteiger partial charge in [0.2, 0.25) is 0 Å². The lowest BCUT2D eigenvalue weighted by molar-refractivity contribution is 0.0614. The van der Waals surface area contributed by atoms with Gasteiger partial charge in [0, 0.05) is 17.3 Å². The molecule has 3 heteroatoms. The molecule has 0 saturated heterocycles. The van der Waals surface area contributed by atoms with Crippen LogP contribution in [0.1, 0.15) is 31.2 Å². The first-order valence-corrected chi connectivity index (χ1v) is 6.20. The van der Waals surface area contributed by atoms with Gasteiger partial charge in [0.25, 0.3) is 0 Å². The van der Waals surface area contributed by atoms with E-state index in [1.807, 2.05) is 25.1 Å². The van der Waals surface area contributed by atoms with Crippen molar-refractivity contribution in [2.75, 3.05) is 11.9 Å². The van der Waals surface area contributed by atoms with Crippen molar-refractivity contribution in [1.82, 2.24) is 0 Å². The van der Waals surface area contributed by atoms with E-state index in [4.69, 9.17) is 11.6 Å². The molecule has 0 aromatic heterocycles. The second-order valence-corrected chi connectivity index (χ2v) is 5.10. The molecule has 1 aliphatic carbocycles. The molecule has 1 saturated carbocycles. The molecule has 2 rings (SSSR count). The number of rotatable bonds is 3. The second kappa shape index (κ2) is 4.64. The predicted octanol–water partition coefficient (Wildman–Crippen LogP) is 3.37. The molecule has 1 fully saturated rings. The fourth-order valence-corrected chi connectivity index (χ4v) is 2.44. The summed E-state index contributed by atoms with van der Waals surface area (Å²) in [7, 11) is 0. The van der Waals surface area contributed by atoms with Gasteiger partial charge in [-0.15, -0.1) is 0 Å². The first kappa shape index (κ1) is 11.7. The number of nitrogens with one attached hydrogen (secondary N) is 1. The lowest BCUT2D eigenvalue weighted by atomic mass is 10.0. The zero-order valence-electron chi connectivity index (χ0n) is 9.59.